The second-order valence-electron chi connectivity index (χ2n) is 7.65. The minimum atomic E-state index is -1.06. The molecule has 2 amide bonds. The Bertz CT molecular complexity index is 582. The van der Waals surface area contributed by atoms with Gasteiger partial charge in [-0.3, -0.25) is 9.59 Å². The van der Waals surface area contributed by atoms with E-state index >= 15 is 0 Å². The van der Waals surface area contributed by atoms with Crippen LogP contribution in [0.25, 0.3) is 0 Å². The summed E-state index contributed by atoms with van der Waals surface area (Å²) in [6.07, 6.45) is 0.899. The van der Waals surface area contributed by atoms with Gasteiger partial charge in [-0.1, -0.05) is 13.8 Å². The van der Waals surface area contributed by atoms with Gasteiger partial charge < -0.3 is 19.3 Å². The zero-order valence-corrected chi connectivity index (χ0v) is 14.9. The zero-order chi connectivity index (χ0) is 17.8. The molecule has 0 aromatic heterocycles. The van der Waals surface area contributed by atoms with Gasteiger partial charge in [-0.25, -0.2) is 4.79 Å². The van der Waals surface area contributed by atoms with Crippen LogP contribution in [0, 0.1) is 10.8 Å². The second kappa shape index (κ2) is 5.36. The van der Waals surface area contributed by atoms with Gasteiger partial charge in [0.25, 0.3) is 5.91 Å². The Balaban J connectivity index is 1.73. The highest BCUT2D eigenvalue weighted by molar-refractivity contribution is 5.96. The summed E-state index contributed by atoms with van der Waals surface area (Å²) in [5, 5.41) is 0. The van der Waals surface area contributed by atoms with Crippen molar-refractivity contribution in [2.75, 3.05) is 32.8 Å². The maximum absolute atomic E-state index is 13.2. The average molecular weight is 338 g/mol. The molecule has 2 bridgehead atoms. The fourth-order valence-corrected chi connectivity index (χ4v) is 4.28. The van der Waals surface area contributed by atoms with Crippen LogP contribution in [0.2, 0.25) is 0 Å². The number of carbonyl (C=O) groups is 3. The summed E-state index contributed by atoms with van der Waals surface area (Å²) in [5.41, 5.74) is -2.20. The quantitative estimate of drug-likeness (QED) is 0.712. The van der Waals surface area contributed by atoms with Crippen LogP contribution in [0.3, 0.4) is 0 Å². The summed E-state index contributed by atoms with van der Waals surface area (Å²) in [5.74, 6) is -0.386. The van der Waals surface area contributed by atoms with Crippen LogP contribution in [0.15, 0.2) is 0 Å². The third kappa shape index (κ3) is 1.99. The summed E-state index contributed by atoms with van der Waals surface area (Å²) in [6, 6.07) is 0. The molecule has 2 atom stereocenters. The molecule has 1 saturated carbocycles. The number of esters is 1. The first-order valence-corrected chi connectivity index (χ1v) is 8.64. The standard InChI is InChI=1S/C17H26N2O5/c1-5-23-14(22)19-10-8-18(9-11-19)12(20)17-7-6-16(4,13(21)24-17)15(17,2)3/h5-11H2,1-4H3/t16-,17-/m1/s1. The Kier molecular flexibility index (Phi) is 3.81. The van der Waals surface area contributed by atoms with Crippen LogP contribution >= 0.6 is 0 Å². The Morgan fingerprint density at radius 3 is 2.12 bits per heavy atom. The Morgan fingerprint density at radius 1 is 1.08 bits per heavy atom. The molecule has 134 valence electrons. The number of rotatable bonds is 2. The van der Waals surface area contributed by atoms with E-state index in [2.05, 4.69) is 0 Å². The van der Waals surface area contributed by atoms with Gasteiger partial charge in [0.2, 0.25) is 0 Å². The Morgan fingerprint density at radius 2 is 1.67 bits per heavy atom. The van der Waals surface area contributed by atoms with Crippen molar-refractivity contribution in [3.05, 3.63) is 0 Å². The van der Waals surface area contributed by atoms with Crippen molar-refractivity contribution >= 4 is 18.0 Å². The van der Waals surface area contributed by atoms with Crippen LogP contribution in [0.4, 0.5) is 4.79 Å². The molecule has 3 rings (SSSR count). The number of carbonyl (C=O) groups excluding carboxylic acids is 3. The van der Waals surface area contributed by atoms with Crippen LogP contribution in [-0.4, -0.2) is 66.2 Å². The zero-order valence-electron chi connectivity index (χ0n) is 14.9. The van der Waals surface area contributed by atoms with Gasteiger partial charge in [0.15, 0.2) is 5.60 Å². The first-order chi connectivity index (χ1) is 11.2. The molecule has 0 N–H and O–H groups in total. The van der Waals surface area contributed by atoms with Crippen LogP contribution < -0.4 is 0 Å². The number of piperazine rings is 1. The van der Waals surface area contributed by atoms with Crippen molar-refractivity contribution in [2.45, 2.75) is 46.1 Å². The lowest BCUT2D eigenvalue weighted by Gasteiger charge is -2.41. The number of amides is 2. The van der Waals surface area contributed by atoms with E-state index in [0.717, 1.165) is 0 Å². The Hall–Kier alpha value is -1.79. The molecular formula is C17H26N2O5. The minimum absolute atomic E-state index is 0.120. The van der Waals surface area contributed by atoms with Crippen molar-refractivity contribution in [1.29, 1.82) is 0 Å². The number of fused-ring (bicyclic) bond motifs is 2. The number of hydrogen-bond acceptors (Lipinski definition) is 5. The molecule has 3 aliphatic rings. The lowest BCUT2D eigenvalue weighted by molar-refractivity contribution is -0.174. The van der Waals surface area contributed by atoms with Crippen molar-refractivity contribution in [3.8, 4) is 0 Å². The van der Waals surface area contributed by atoms with E-state index < -0.39 is 16.4 Å². The van der Waals surface area contributed by atoms with E-state index in [4.69, 9.17) is 9.47 Å². The lowest BCUT2D eigenvalue weighted by atomic mass is 9.66. The van der Waals surface area contributed by atoms with Gasteiger partial charge in [-0.15, -0.1) is 0 Å². The fraction of sp³-hybridized carbons (Fsp3) is 0.824. The van der Waals surface area contributed by atoms with E-state index in [9.17, 15) is 14.4 Å². The molecule has 1 aliphatic carbocycles. The van der Waals surface area contributed by atoms with Gasteiger partial charge in [-0.05, 0) is 26.7 Å². The topological polar surface area (TPSA) is 76.2 Å². The molecule has 24 heavy (non-hydrogen) atoms. The molecule has 0 aromatic carbocycles. The highest BCUT2D eigenvalue weighted by atomic mass is 16.6. The molecule has 7 heteroatoms. The predicted molar refractivity (Wildman–Crippen MR) is 85.1 cm³/mol. The first-order valence-electron chi connectivity index (χ1n) is 8.64. The molecule has 0 unspecified atom stereocenters. The minimum Gasteiger partial charge on any atom is -0.450 e. The summed E-state index contributed by atoms with van der Waals surface area (Å²) < 4.78 is 10.7. The molecule has 0 radical (unpaired) electrons. The lowest BCUT2D eigenvalue weighted by Crippen LogP contribution is -2.59. The normalized spacial score (nSPS) is 34.2. The smallest absolute Gasteiger partial charge is 0.409 e. The van der Waals surface area contributed by atoms with Crippen LogP contribution in [-0.2, 0) is 19.1 Å². The van der Waals surface area contributed by atoms with E-state index in [-0.39, 0.29) is 18.0 Å². The van der Waals surface area contributed by atoms with Crippen molar-refractivity contribution in [2.24, 2.45) is 10.8 Å². The maximum Gasteiger partial charge on any atom is 0.409 e. The molecule has 2 aliphatic heterocycles. The van der Waals surface area contributed by atoms with E-state index in [1.165, 1.54) is 0 Å². The SMILES string of the molecule is CCOC(=O)N1CCN(C(=O)[C@@]23CC[C@](C)(C(=O)O2)C3(C)C)CC1. The van der Waals surface area contributed by atoms with Crippen molar-refractivity contribution in [3.63, 3.8) is 0 Å². The van der Waals surface area contributed by atoms with Gasteiger partial charge in [-0.2, -0.15) is 0 Å². The summed E-state index contributed by atoms with van der Waals surface area (Å²) in [4.78, 5) is 40.6. The average Bonchev–Trinajstić information content (AvgIpc) is 2.85. The molecule has 2 heterocycles. The second-order valence-corrected chi connectivity index (χ2v) is 7.65. The number of nitrogens with zero attached hydrogens (tertiary/aromatic N) is 2. The molecule has 0 spiro atoms. The van der Waals surface area contributed by atoms with Crippen LogP contribution in [0.1, 0.15) is 40.5 Å². The highest BCUT2D eigenvalue weighted by Crippen LogP contribution is 2.65. The molecule has 3 fully saturated rings. The van der Waals surface area contributed by atoms with Crippen molar-refractivity contribution in [1.82, 2.24) is 9.80 Å². The van der Waals surface area contributed by atoms with Gasteiger partial charge in [0.05, 0.1) is 12.0 Å². The summed E-state index contributed by atoms with van der Waals surface area (Å²) >= 11 is 0. The van der Waals surface area contributed by atoms with E-state index in [0.29, 0.717) is 45.6 Å². The van der Waals surface area contributed by atoms with E-state index in [1.54, 1.807) is 16.7 Å². The molecule has 7 nitrogen and oxygen atoms in total. The monoisotopic (exact) mass is 338 g/mol. The largest absolute Gasteiger partial charge is 0.450 e. The third-order valence-electron chi connectivity index (χ3n) is 6.52. The third-order valence-corrected chi connectivity index (χ3v) is 6.52. The van der Waals surface area contributed by atoms with Crippen LogP contribution in [0.5, 0.6) is 0 Å². The summed E-state index contributed by atoms with van der Waals surface area (Å²) in [7, 11) is 0. The maximum atomic E-state index is 13.2. The highest BCUT2D eigenvalue weighted by Gasteiger charge is 2.76. The van der Waals surface area contributed by atoms with Gasteiger partial charge in [0.1, 0.15) is 0 Å². The predicted octanol–water partition coefficient (Wildman–Crippen LogP) is 1.41. The summed E-state index contributed by atoms with van der Waals surface area (Å²) in [6.45, 7) is 9.66. The number of hydrogen-bond donors (Lipinski definition) is 0. The molecule has 0 aromatic rings. The Labute approximate surface area is 142 Å². The fourth-order valence-electron chi connectivity index (χ4n) is 4.28. The molecule has 2 saturated heterocycles. The molecular weight excluding hydrogens is 312 g/mol. The van der Waals surface area contributed by atoms with Gasteiger partial charge >= 0.3 is 12.1 Å². The number of ether oxygens (including phenoxy) is 2. The van der Waals surface area contributed by atoms with E-state index in [1.807, 2.05) is 20.8 Å². The van der Waals surface area contributed by atoms with Gasteiger partial charge in [0, 0.05) is 31.6 Å². The first kappa shape index (κ1) is 17.0. The van der Waals surface area contributed by atoms with Crippen molar-refractivity contribution < 1.29 is 23.9 Å².